The maximum absolute atomic E-state index is 5.47. The number of para-hydroxylation sites is 2. The molecular weight excluding hydrogens is 292 g/mol. The van der Waals surface area contributed by atoms with Gasteiger partial charge in [-0.2, -0.15) is 0 Å². The minimum atomic E-state index is 0.649. The van der Waals surface area contributed by atoms with Crippen LogP contribution in [0.15, 0.2) is 29.3 Å². The lowest BCUT2D eigenvalue weighted by atomic mass is 10.2. The van der Waals surface area contributed by atoms with E-state index in [0.29, 0.717) is 13.2 Å². The summed E-state index contributed by atoms with van der Waals surface area (Å²) in [7, 11) is 3.43. The Hall–Kier alpha value is -1.95. The summed E-state index contributed by atoms with van der Waals surface area (Å²) in [5, 5.41) is 3.37. The number of hydrogen-bond donors (Lipinski definition) is 1. The first-order valence-corrected chi connectivity index (χ1v) is 8.20. The van der Waals surface area contributed by atoms with E-state index < -0.39 is 0 Å². The summed E-state index contributed by atoms with van der Waals surface area (Å²) in [6.07, 6.45) is 0. The number of hydrogen-bond acceptors (Lipinski definition) is 4. The van der Waals surface area contributed by atoms with Crippen LogP contribution in [0, 0.1) is 0 Å². The molecule has 1 aromatic carbocycles. The first-order chi connectivity index (χ1) is 11.3. The first kappa shape index (κ1) is 17.4. The van der Waals surface area contributed by atoms with Gasteiger partial charge in [-0.25, -0.2) is 0 Å². The zero-order valence-electron chi connectivity index (χ0n) is 14.4. The molecule has 0 aromatic heterocycles. The highest BCUT2D eigenvalue weighted by Crippen LogP contribution is 2.28. The monoisotopic (exact) mass is 320 g/mol. The summed E-state index contributed by atoms with van der Waals surface area (Å²) in [6, 6.07) is 8.19. The number of nitrogens with one attached hydrogen (secondary N) is 1. The highest BCUT2D eigenvalue weighted by Gasteiger charge is 2.21. The van der Waals surface area contributed by atoms with Crippen LogP contribution in [-0.2, 0) is 4.74 Å². The lowest BCUT2D eigenvalue weighted by Gasteiger charge is -2.38. The van der Waals surface area contributed by atoms with Gasteiger partial charge in [-0.15, -0.1) is 0 Å². The highest BCUT2D eigenvalue weighted by molar-refractivity contribution is 5.80. The molecule has 6 heteroatoms. The predicted molar refractivity (Wildman–Crippen MR) is 94.6 cm³/mol. The minimum absolute atomic E-state index is 0.649. The maximum atomic E-state index is 5.47. The molecule has 1 aliphatic heterocycles. The van der Waals surface area contributed by atoms with Crippen LogP contribution < -0.4 is 15.0 Å². The number of piperazine rings is 1. The summed E-state index contributed by atoms with van der Waals surface area (Å²) >= 11 is 0. The summed E-state index contributed by atoms with van der Waals surface area (Å²) in [5.74, 6) is 1.91. The van der Waals surface area contributed by atoms with Gasteiger partial charge in [-0.3, -0.25) is 4.99 Å². The molecule has 0 atom stereocenters. The molecule has 0 unspecified atom stereocenters. The van der Waals surface area contributed by atoms with E-state index in [0.717, 1.165) is 50.1 Å². The molecule has 0 spiro atoms. The lowest BCUT2D eigenvalue weighted by Crippen LogP contribution is -2.52. The first-order valence-electron chi connectivity index (χ1n) is 8.20. The summed E-state index contributed by atoms with van der Waals surface area (Å²) < 4.78 is 10.6. The van der Waals surface area contributed by atoms with E-state index in [1.807, 2.05) is 12.1 Å². The van der Waals surface area contributed by atoms with E-state index in [1.165, 1.54) is 0 Å². The molecule has 6 nitrogen and oxygen atoms in total. The quantitative estimate of drug-likeness (QED) is 0.488. The smallest absolute Gasteiger partial charge is 0.194 e. The minimum Gasteiger partial charge on any atom is -0.495 e. The molecule has 1 aliphatic rings. The zero-order valence-corrected chi connectivity index (χ0v) is 14.4. The van der Waals surface area contributed by atoms with Crippen LogP contribution in [0.25, 0.3) is 0 Å². The topological polar surface area (TPSA) is 49.3 Å². The Bertz CT molecular complexity index is 499. The van der Waals surface area contributed by atoms with Gasteiger partial charge in [0.2, 0.25) is 0 Å². The van der Waals surface area contributed by atoms with Crippen LogP contribution in [0.2, 0.25) is 0 Å². The van der Waals surface area contributed by atoms with Crippen LogP contribution in [0.3, 0.4) is 0 Å². The van der Waals surface area contributed by atoms with Gasteiger partial charge < -0.3 is 24.6 Å². The fourth-order valence-electron chi connectivity index (χ4n) is 2.72. The number of methoxy groups -OCH3 is 2. The second kappa shape index (κ2) is 9.25. The molecule has 23 heavy (non-hydrogen) atoms. The third kappa shape index (κ3) is 4.76. The van der Waals surface area contributed by atoms with Gasteiger partial charge in [0.05, 0.1) is 25.9 Å². The Morgan fingerprint density at radius 3 is 2.57 bits per heavy atom. The third-order valence-electron chi connectivity index (χ3n) is 3.90. The highest BCUT2D eigenvalue weighted by atomic mass is 16.5. The maximum Gasteiger partial charge on any atom is 0.194 e. The molecule has 0 saturated carbocycles. The van der Waals surface area contributed by atoms with Crippen molar-refractivity contribution >= 4 is 11.6 Å². The van der Waals surface area contributed by atoms with Crippen molar-refractivity contribution < 1.29 is 9.47 Å². The van der Waals surface area contributed by atoms with E-state index >= 15 is 0 Å². The third-order valence-corrected chi connectivity index (χ3v) is 3.90. The number of anilines is 1. The fourth-order valence-corrected chi connectivity index (χ4v) is 2.72. The van der Waals surface area contributed by atoms with Crippen LogP contribution in [0.4, 0.5) is 5.69 Å². The lowest BCUT2D eigenvalue weighted by molar-refractivity contribution is 0.207. The van der Waals surface area contributed by atoms with Crippen LogP contribution in [0.5, 0.6) is 5.75 Å². The Morgan fingerprint density at radius 1 is 1.17 bits per heavy atom. The molecule has 0 bridgehead atoms. The van der Waals surface area contributed by atoms with Gasteiger partial charge in [-0.05, 0) is 19.1 Å². The second-order valence-electron chi connectivity index (χ2n) is 5.37. The molecule has 128 valence electrons. The van der Waals surface area contributed by atoms with Crippen molar-refractivity contribution in [1.29, 1.82) is 0 Å². The van der Waals surface area contributed by atoms with Gasteiger partial charge in [0.1, 0.15) is 5.75 Å². The van der Waals surface area contributed by atoms with Gasteiger partial charge in [0.25, 0.3) is 0 Å². The van der Waals surface area contributed by atoms with Crippen LogP contribution in [0.1, 0.15) is 6.92 Å². The number of nitrogens with zero attached hydrogens (tertiary/aromatic N) is 3. The molecule has 1 N–H and O–H groups in total. The summed E-state index contributed by atoms with van der Waals surface area (Å²) in [4.78, 5) is 9.30. The van der Waals surface area contributed by atoms with Gasteiger partial charge in [-0.1, -0.05) is 12.1 Å². The average molecular weight is 320 g/mol. The SMILES string of the molecule is CCNC(=NCCOC)N1CCN(c2ccccc2OC)CC1. The standard InChI is InChI=1S/C17H28N4O2/c1-4-18-17(19-9-14-22-2)21-12-10-20(11-13-21)15-7-5-6-8-16(15)23-3/h5-8H,4,9-14H2,1-3H3,(H,18,19). The second-order valence-corrected chi connectivity index (χ2v) is 5.37. The van der Waals surface area contributed by atoms with Crippen molar-refractivity contribution in [2.45, 2.75) is 6.92 Å². The molecule has 1 heterocycles. The van der Waals surface area contributed by atoms with E-state index in [4.69, 9.17) is 9.47 Å². The van der Waals surface area contributed by atoms with E-state index in [9.17, 15) is 0 Å². The fraction of sp³-hybridized carbons (Fsp3) is 0.588. The number of guanidine groups is 1. The van der Waals surface area contributed by atoms with Crippen LogP contribution >= 0.6 is 0 Å². The summed E-state index contributed by atoms with van der Waals surface area (Å²) in [6.45, 7) is 8.09. The van der Waals surface area contributed by atoms with Crippen molar-refractivity contribution in [2.24, 2.45) is 4.99 Å². The van der Waals surface area contributed by atoms with E-state index in [2.05, 4.69) is 39.2 Å². The number of ether oxygens (including phenoxy) is 2. The number of benzene rings is 1. The molecular formula is C17H28N4O2. The van der Waals surface area contributed by atoms with Crippen molar-refractivity contribution in [1.82, 2.24) is 10.2 Å². The van der Waals surface area contributed by atoms with E-state index in [-0.39, 0.29) is 0 Å². The molecule has 1 fully saturated rings. The molecule has 2 rings (SSSR count). The van der Waals surface area contributed by atoms with Crippen molar-refractivity contribution in [3.05, 3.63) is 24.3 Å². The normalized spacial score (nSPS) is 15.7. The Balaban J connectivity index is 1.97. The molecule has 0 radical (unpaired) electrons. The number of rotatable bonds is 6. The van der Waals surface area contributed by atoms with Crippen LogP contribution in [-0.4, -0.2) is 71.0 Å². The van der Waals surface area contributed by atoms with Gasteiger partial charge in [0.15, 0.2) is 5.96 Å². The number of aliphatic imine (C=N–C) groups is 1. The molecule has 0 amide bonds. The predicted octanol–water partition coefficient (Wildman–Crippen LogP) is 1.43. The Kier molecular flexibility index (Phi) is 7.00. The molecule has 1 aromatic rings. The Morgan fingerprint density at radius 2 is 1.91 bits per heavy atom. The van der Waals surface area contributed by atoms with Crippen molar-refractivity contribution in [3.8, 4) is 5.75 Å². The summed E-state index contributed by atoms with van der Waals surface area (Å²) in [5.41, 5.74) is 1.16. The van der Waals surface area contributed by atoms with Crippen molar-refractivity contribution in [3.63, 3.8) is 0 Å². The molecule has 0 aliphatic carbocycles. The largest absolute Gasteiger partial charge is 0.495 e. The van der Waals surface area contributed by atoms with E-state index in [1.54, 1.807) is 14.2 Å². The zero-order chi connectivity index (χ0) is 16.5. The van der Waals surface area contributed by atoms with Crippen molar-refractivity contribution in [2.75, 3.05) is 65.0 Å². The van der Waals surface area contributed by atoms with Gasteiger partial charge >= 0.3 is 0 Å². The molecule has 1 saturated heterocycles. The van der Waals surface area contributed by atoms with Gasteiger partial charge in [0, 0.05) is 39.8 Å². The average Bonchev–Trinajstić information content (AvgIpc) is 2.61. The Labute approximate surface area is 139 Å².